The fourth-order valence-corrected chi connectivity index (χ4v) is 5.21. The predicted octanol–water partition coefficient (Wildman–Crippen LogP) is 8.12. The molecule has 6 heteroatoms. The van der Waals surface area contributed by atoms with Gasteiger partial charge in [-0.1, -0.05) is 52.0 Å². The summed E-state index contributed by atoms with van der Waals surface area (Å²) in [6.45, 7) is 8.59. The van der Waals surface area contributed by atoms with Crippen molar-refractivity contribution in [1.29, 1.82) is 0 Å². The number of benzene rings is 3. The van der Waals surface area contributed by atoms with E-state index in [0.29, 0.717) is 11.8 Å². The maximum absolute atomic E-state index is 5.02. The quantitative estimate of drug-likeness (QED) is 0.241. The zero-order chi connectivity index (χ0) is 26.0. The monoisotopic (exact) mass is 496 g/mol. The van der Waals surface area contributed by atoms with Crippen molar-refractivity contribution in [2.45, 2.75) is 39.5 Å². The largest absolute Gasteiger partial charge is 0.342 e. The normalized spacial score (nSPS) is 12.2. The van der Waals surface area contributed by atoms with Crippen LogP contribution in [-0.2, 0) is 0 Å². The molecule has 0 bridgehead atoms. The molecule has 0 aliphatic carbocycles. The minimum absolute atomic E-state index is 0.316. The second-order valence-corrected chi connectivity index (χ2v) is 10.6. The molecule has 4 heterocycles. The maximum atomic E-state index is 5.02. The Morgan fingerprint density at radius 3 is 2.32 bits per heavy atom. The molecular formula is C32H28N6. The lowest BCUT2D eigenvalue weighted by Gasteiger charge is -2.09. The third-order valence-electron chi connectivity index (χ3n) is 7.31. The number of aromatic amines is 2. The smallest absolute Gasteiger partial charge is 0.109 e. The fraction of sp³-hybridized carbons (Fsp3) is 0.188. The van der Waals surface area contributed by atoms with E-state index in [1.54, 1.807) is 0 Å². The number of nitrogens with zero attached hydrogens (tertiary/aromatic N) is 4. The van der Waals surface area contributed by atoms with Crippen molar-refractivity contribution >= 4 is 43.6 Å². The van der Waals surface area contributed by atoms with E-state index in [9.17, 15) is 0 Å². The molecule has 0 fully saturated rings. The zero-order valence-corrected chi connectivity index (χ0v) is 21.9. The summed E-state index contributed by atoms with van der Waals surface area (Å²) in [6, 6.07) is 21.2. The minimum atomic E-state index is 0.316. The van der Waals surface area contributed by atoms with E-state index in [-0.39, 0.29) is 0 Å². The van der Waals surface area contributed by atoms with Crippen LogP contribution < -0.4 is 0 Å². The lowest BCUT2D eigenvalue weighted by atomic mass is 9.99. The number of imidazole rings is 2. The topological polar surface area (TPSA) is 83.1 Å². The first-order valence-electron chi connectivity index (χ1n) is 13.1. The van der Waals surface area contributed by atoms with Gasteiger partial charge in [-0.3, -0.25) is 4.98 Å². The molecule has 0 saturated carbocycles. The lowest BCUT2D eigenvalue weighted by Crippen LogP contribution is -1.90. The molecule has 186 valence electrons. The number of hydrogen-bond donors (Lipinski definition) is 2. The van der Waals surface area contributed by atoms with Crippen LogP contribution in [0.2, 0.25) is 0 Å². The number of fused-ring (bicyclic) bond motifs is 7. The molecule has 0 aliphatic heterocycles. The highest BCUT2D eigenvalue weighted by atomic mass is 14.9. The van der Waals surface area contributed by atoms with Gasteiger partial charge in [-0.05, 0) is 36.4 Å². The molecule has 0 spiro atoms. The SMILES string of the molecule is CC(C)c1ncc(-c2ccc3nc(-c4ccc5c(c4)c4ncccc4c4nc(C(C)C)[nH]c54)ccc3c2)[nH]1. The Morgan fingerprint density at radius 2 is 1.50 bits per heavy atom. The van der Waals surface area contributed by atoms with Gasteiger partial charge < -0.3 is 9.97 Å². The van der Waals surface area contributed by atoms with Crippen LogP contribution in [0.4, 0.5) is 0 Å². The molecule has 7 aromatic rings. The highest BCUT2D eigenvalue weighted by Gasteiger charge is 2.16. The number of hydrogen-bond acceptors (Lipinski definition) is 4. The van der Waals surface area contributed by atoms with Crippen molar-refractivity contribution in [1.82, 2.24) is 29.9 Å². The highest BCUT2D eigenvalue weighted by molar-refractivity contribution is 6.22. The van der Waals surface area contributed by atoms with Crippen molar-refractivity contribution < 1.29 is 0 Å². The average Bonchev–Trinajstić information content (AvgIpc) is 3.61. The summed E-state index contributed by atoms with van der Waals surface area (Å²) in [5, 5.41) is 4.39. The molecule has 3 aromatic carbocycles. The molecule has 6 nitrogen and oxygen atoms in total. The van der Waals surface area contributed by atoms with Gasteiger partial charge in [0.1, 0.15) is 11.6 Å². The van der Waals surface area contributed by atoms with Gasteiger partial charge in [-0.2, -0.15) is 0 Å². The number of pyridine rings is 2. The predicted molar refractivity (Wildman–Crippen MR) is 155 cm³/mol. The Hall–Kier alpha value is -4.58. The molecule has 0 radical (unpaired) electrons. The van der Waals surface area contributed by atoms with E-state index >= 15 is 0 Å². The maximum Gasteiger partial charge on any atom is 0.109 e. The summed E-state index contributed by atoms with van der Waals surface area (Å²) < 4.78 is 0. The molecule has 0 unspecified atom stereocenters. The molecule has 2 N–H and O–H groups in total. The summed E-state index contributed by atoms with van der Waals surface area (Å²) in [5.74, 6) is 2.67. The van der Waals surface area contributed by atoms with E-state index in [4.69, 9.17) is 15.0 Å². The van der Waals surface area contributed by atoms with Crippen molar-refractivity contribution in [3.8, 4) is 22.5 Å². The van der Waals surface area contributed by atoms with Crippen LogP contribution in [0.25, 0.3) is 66.1 Å². The van der Waals surface area contributed by atoms with E-state index in [0.717, 1.165) is 77.8 Å². The van der Waals surface area contributed by atoms with Crippen LogP contribution in [0, 0.1) is 0 Å². The minimum Gasteiger partial charge on any atom is -0.342 e. The first kappa shape index (κ1) is 22.6. The molecule has 0 saturated heterocycles. The van der Waals surface area contributed by atoms with Gasteiger partial charge in [0.25, 0.3) is 0 Å². The Morgan fingerprint density at radius 1 is 0.658 bits per heavy atom. The van der Waals surface area contributed by atoms with Crippen molar-refractivity contribution in [3.63, 3.8) is 0 Å². The number of H-pyrrole nitrogens is 2. The molecule has 0 amide bonds. The summed E-state index contributed by atoms with van der Waals surface area (Å²) in [7, 11) is 0. The van der Waals surface area contributed by atoms with Crippen molar-refractivity contribution in [2.75, 3.05) is 0 Å². The third-order valence-corrected chi connectivity index (χ3v) is 7.31. The van der Waals surface area contributed by atoms with Gasteiger partial charge in [0.2, 0.25) is 0 Å². The molecular weight excluding hydrogens is 468 g/mol. The van der Waals surface area contributed by atoms with Gasteiger partial charge in [-0.15, -0.1) is 0 Å². The van der Waals surface area contributed by atoms with E-state index < -0.39 is 0 Å². The highest BCUT2D eigenvalue weighted by Crippen LogP contribution is 2.36. The average molecular weight is 497 g/mol. The van der Waals surface area contributed by atoms with Crippen molar-refractivity contribution in [2.24, 2.45) is 0 Å². The Kier molecular flexibility index (Phi) is 5.05. The van der Waals surface area contributed by atoms with Gasteiger partial charge in [-0.25, -0.2) is 15.0 Å². The molecule has 0 aliphatic rings. The summed E-state index contributed by atoms with van der Waals surface area (Å²) in [6.07, 6.45) is 3.76. The van der Waals surface area contributed by atoms with Crippen LogP contribution in [0.1, 0.15) is 51.2 Å². The molecule has 0 atom stereocenters. The van der Waals surface area contributed by atoms with E-state index in [2.05, 4.69) is 97.2 Å². The van der Waals surface area contributed by atoms with Gasteiger partial charge in [0, 0.05) is 50.7 Å². The molecule has 7 rings (SSSR count). The number of rotatable bonds is 4. The first-order chi connectivity index (χ1) is 18.5. The Balaban J connectivity index is 1.35. The summed E-state index contributed by atoms with van der Waals surface area (Å²) in [4.78, 5) is 26.3. The van der Waals surface area contributed by atoms with Crippen LogP contribution >= 0.6 is 0 Å². The van der Waals surface area contributed by atoms with Crippen LogP contribution in [0.15, 0.2) is 73.1 Å². The van der Waals surface area contributed by atoms with E-state index in [1.807, 2.05) is 18.5 Å². The first-order valence-corrected chi connectivity index (χ1v) is 13.1. The lowest BCUT2D eigenvalue weighted by molar-refractivity contribution is 0.795. The van der Waals surface area contributed by atoms with Gasteiger partial charge >= 0.3 is 0 Å². The van der Waals surface area contributed by atoms with Crippen molar-refractivity contribution in [3.05, 3.63) is 84.7 Å². The van der Waals surface area contributed by atoms with Gasteiger partial charge in [0.05, 0.1) is 39.7 Å². The summed E-state index contributed by atoms with van der Waals surface area (Å²) in [5.41, 5.74) is 8.11. The van der Waals surface area contributed by atoms with Crippen LogP contribution in [0.3, 0.4) is 0 Å². The Bertz CT molecular complexity index is 1990. The number of aromatic nitrogens is 6. The second kappa shape index (κ2) is 8.48. The van der Waals surface area contributed by atoms with Gasteiger partial charge in [0.15, 0.2) is 0 Å². The standard InChI is InChI=1S/C32H28N6/c1-17(2)31-34-16-27(36-31)20-9-12-25-19(14-20)8-11-26(35-25)21-7-10-22-24(15-21)28-23(6-5-13-33-28)30-29(22)37-32(38-30)18(3)4/h5-18H,1-4H3,(H,34,36)(H,37,38). The van der Waals surface area contributed by atoms with Crippen LogP contribution in [-0.4, -0.2) is 29.9 Å². The third kappa shape index (κ3) is 3.56. The number of nitrogens with one attached hydrogen (secondary N) is 2. The fourth-order valence-electron chi connectivity index (χ4n) is 5.21. The Labute approximate surface area is 220 Å². The second-order valence-electron chi connectivity index (χ2n) is 10.6. The molecule has 4 aromatic heterocycles. The van der Waals surface area contributed by atoms with Crippen LogP contribution in [0.5, 0.6) is 0 Å². The zero-order valence-electron chi connectivity index (χ0n) is 21.9. The molecule has 38 heavy (non-hydrogen) atoms. The van der Waals surface area contributed by atoms with E-state index in [1.165, 1.54) is 0 Å². The summed E-state index contributed by atoms with van der Waals surface area (Å²) >= 11 is 0.